The van der Waals surface area contributed by atoms with E-state index in [0.29, 0.717) is 63.8 Å². The standard InChI is InChI=1S/C52H53BN4O4/c1-32(2)20-36-14-18-54-50(22-36)60-44-26-38(34(5)6)24-42(28-44)58-40-10-12-46-47-13-11-41(31-49(47)53(48(46)30-40)52-56-16-9-17-57-52)59-43-25-39(35(7)8)27-45(29-43)61-51-23-37(15-19-55-51)21-33(3)4/h9-19,22-35H,20-21H2,1-8H3. The fraction of sp³-hybridized carbons (Fsp3) is 0.269. The Kier molecular flexibility index (Phi) is 12.2. The fourth-order valence-corrected chi connectivity index (χ4v) is 7.90. The molecule has 1 aliphatic rings. The molecular weight excluding hydrogens is 755 g/mol. The first-order valence-electron chi connectivity index (χ1n) is 21.4. The molecule has 0 radical (unpaired) electrons. The number of benzene rings is 4. The minimum atomic E-state index is -0.242. The van der Waals surface area contributed by atoms with Gasteiger partial charge < -0.3 is 18.9 Å². The van der Waals surface area contributed by atoms with Crippen LogP contribution in [0.1, 0.15) is 89.5 Å². The van der Waals surface area contributed by atoms with Crippen molar-refractivity contribution in [1.82, 2.24) is 19.9 Å². The molecule has 0 aliphatic carbocycles. The second kappa shape index (κ2) is 18.0. The molecule has 3 aromatic heterocycles. The summed E-state index contributed by atoms with van der Waals surface area (Å²) in [6.07, 6.45) is 9.12. The first-order chi connectivity index (χ1) is 29.4. The lowest BCUT2D eigenvalue weighted by atomic mass is 9.42. The predicted octanol–water partition coefficient (Wildman–Crippen LogP) is 11.6. The monoisotopic (exact) mass is 808 g/mol. The van der Waals surface area contributed by atoms with Crippen molar-refractivity contribution in [3.8, 4) is 57.4 Å². The van der Waals surface area contributed by atoms with Crippen LogP contribution in [0.15, 0.2) is 128 Å². The number of fused-ring (bicyclic) bond motifs is 3. The lowest BCUT2D eigenvalue weighted by molar-refractivity contribution is 0.446. The normalized spacial score (nSPS) is 12.0. The van der Waals surface area contributed by atoms with Gasteiger partial charge >= 0.3 is 0 Å². The SMILES string of the molecule is CC(C)Cc1ccnc(Oc2cc(Oc3ccc4c(c3)B(c3ncccn3)c3cc(Oc5cc(Oc6cc(CC(C)C)ccn6)cc(C(C)C)c5)ccc3-4)cc(C(C)C)c2)c1. The molecule has 0 saturated carbocycles. The van der Waals surface area contributed by atoms with Gasteiger partial charge in [0.05, 0.1) is 5.72 Å². The number of pyridine rings is 2. The lowest BCUT2D eigenvalue weighted by Crippen LogP contribution is -2.51. The van der Waals surface area contributed by atoms with E-state index in [2.05, 4.69) is 114 Å². The highest BCUT2D eigenvalue weighted by Gasteiger charge is 2.36. The summed E-state index contributed by atoms with van der Waals surface area (Å²) < 4.78 is 26.0. The molecule has 7 aromatic rings. The van der Waals surface area contributed by atoms with Crippen LogP contribution in [0.3, 0.4) is 0 Å². The van der Waals surface area contributed by atoms with Crippen LogP contribution in [-0.4, -0.2) is 26.6 Å². The van der Waals surface area contributed by atoms with Crippen molar-refractivity contribution in [1.29, 1.82) is 0 Å². The second-order valence-corrected chi connectivity index (χ2v) is 17.4. The zero-order valence-corrected chi connectivity index (χ0v) is 36.3. The van der Waals surface area contributed by atoms with E-state index in [0.717, 1.165) is 46.0 Å². The summed E-state index contributed by atoms with van der Waals surface area (Å²) in [6.45, 7) is 17.3. The van der Waals surface area contributed by atoms with Gasteiger partial charge in [0.2, 0.25) is 11.8 Å². The van der Waals surface area contributed by atoms with Gasteiger partial charge in [0, 0.05) is 49.1 Å². The first-order valence-corrected chi connectivity index (χ1v) is 21.4. The van der Waals surface area contributed by atoms with Crippen LogP contribution in [0.5, 0.6) is 46.3 Å². The van der Waals surface area contributed by atoms with Crippen molar-refractivity contribution < 1.29 is 18.9 Å². The van der Waals surface area contributed by atoms with E-state index in [-0.39, 0.29) is 18.5 Å². The van der Waals surface area contributed by atoms with Gasteiger partial charge in [-0.05, 0) is 137 Å². The van der Waals surface area contributed by atoms with Crippen LogP contribution >= 0.6 is 0 Å². The Labute approximate surface area is 360 Å². The topological polar surface area (TPSA) is 88.5 Å². The molecule has 9 heteroatoms. The van der Waals surface area contributed by atoms with Crippen LogP contribution < -0.4 is 35.6 Å². The van der Waals surface area contributed by atoms with Crippen molar-refractivity contribution in [2.45, 2.75) is 80.1 Å². The van der Waals surface area contributed by atoms with E-state index in [1.807, 2.05) is 67.0 Å². The Balaban J connectivity index is 1.09. The fourth-order valence-electron chi connectivity index (χ4n) is 7.90. The largest absolute Gasteiger partial charge is 0.457 e. The van der Waals surface area contributed by atoms with E-state index < -0.39 is 0 Å². The van der Waals surface area contributed by atoms with Gasteiger partial charge in [0.1, 0.15) is 34.5 Å². The Morgan fingerprint density at radius 1 is 0.426 bits per heavy atom. The van der Waals surface area contributed by atoms with E-state index in [4.69, 9.17) is 28.9 Å². The minimum Gasteiger partial charge on any atom is -0.457 e. The van der Waals surface area contributed by atoms with Crippen LogP contribution in [-0.2, 0) is 12.8 Å². The third kappa shape index (κ3) is 9.95. The van der Waals surface area contributed by atoms with Crippen LogP contribution in [0.4, 0.5) is 0 Å². The number of nitrogens with zero attached hydrogens (tertiary/aromatic N) is 4. The van der Waals surface area contributed by atoms with Gasteiger partial charge in [-0.15, -0.1) is 0 Å². The van der Waals surface area contributed by atoms with E-state index in [9.17, 15) is 0 Å². The van der Waals surface area contributed by atoms with Crippen molar-refractivity contribution in [3.05, 3.63) is 150 Å². The molecule has 0 atom stereocenters. The van der Waals surface area contributed by atoms with E-state index in [1.165, 1.54) is 11.1 Å². The van der Waals surface area contributed by atoms with E-state index in [1.54, 1.807) is 12.4 Å². The van der Waals surface area contributed by atoms with Gasteiger partial charge in [0.25, 0.3) is 6.71 Å². The molecule has 0 amide bonds. The quantitative estimate of drug-likeness (QED) is 0.0946. The predicted molar refractivity (Wildman–Crippen MR) is 245 cm³/mol. The highest BCUT2D eigenvalue weighted by molar-refractivity contribution is 6.98. The number of hydrogen-bond donors (Lipinski definition) is 0. The maximum Gasteiger partial charge on any atom is 0.291 e. The lowest BCUT2D eigenvalue weighted by Gasteiger charge is -2.15. The summed E-state index contributed by atoms with van der Waals surface area (Å²) in [5, 5.41) is 0. The maximum atomic E-state index is 6.66. The number of rotatable bonds is 15. The van der Waals surface area contributed by atoms with Gasteiger partial charge in [-0.1, -0.05) is 78.4 Å². The van der Waals surface area contributed by atoms with Crippen molar-refractivity contribution in [2.24, 2.45) is 11.8 Å². The summed E-state index contributed by atoms with van der Waals surface area (Å²) in [5.74, 6) is 6.84. The highest BCUT2D eigenvalue weighted by atomic mass is 16.5. The maximum absolute atomic E-state index is 6.66. The van der Waals surface area contributed by atoms with Gasteiger partial charge in [-0.25, -0.2) is 9.97 Å². The van der Waals surface area contributed by atoms with Gasteiger partial charge in [-0.2, -0.15) is 0 Å². The summed E-state index contributed by atoms with van der Waals surface area (Å²) in [6, 6.07) is 34.6. The zero-order valence-electron chi connectivity index (χ0n) is 36.3. The highest BCUT2D eigenvalue weighted by Crippen LogP contribution is 2.37. The van der Waals surface area contributed by atoms with Crippen LogP contribution in [0, 0.1) is 11.8 Å². The summed E-state index contributed by atoms with van der Waals surface area (Å²) in [4.78, 5) is 18.5. The number of aromatic nitrogens is 4. The molecule has 308 valence electrons. The summed E-state index contributed by atoms with van der Waals surface area (Å²) in [5.41, 5.74) is 9.62. The first kappa shape index (κ1) is 41.3. The molecule has 0 bridgehead atoms. The van der Waals surface area contributed by atoms with Crippen LogP contribution in [0.25, 0.3) is 11.1 Å². The van der Waals surface area contributed by atoms with Gasteiger partial charge in [-0.3, -0.25) is 9.97 Å². The van der Waals surface area contributed by atoms with E-state index >= 15 is 0 Å². The average Bonchev–Trinajstić information content (AvgIpc) is 3.53. The Morgan fingerprint density at radius 3 is 1.26 bits per heavy atom. The molecule has 61 heavy (non-hydrogen) atoms. The second-order valence-electron chi connectivity index (χ2n) is 17.4. The van der Waals surface area contributed by atoms with Crippen molar-refractivity contribution in [3.63, 3.8) is 0 Å². The Hall–Kier alpha value is -6.48. The Bertz CT molecular complexity index is 2480. The molecule has 8 nitrogen and oxygen atoms in total. The molecule has 0 N–H and O–H groups in total. The van der Waals surface area contributed by atoms with Gasteiger partial charge in [0.15, 0.2) is 0 Å². The van der Waals surface area contributed by atoms with Crippen LogP contribution in [0.2, 0.25) is 0 Å². The molecular formula is C52H53BN4O4. The summed E-state index contributed by atoms with van der Waals surface area (Å²) in [7, 11) is 0. The molecule has 8 rings (SSSR count). The minimum absolute atomic E-state index is 0.242. The molecule has 4 heterocycles. The molecule has 4 aromatic carbocycles. The molecule has 0 fully saturated rings. The third-order valence-electron chi connectivity index (χ3n) is 10.7. The van der Waals surface area contributed by atoms with Crippen molar-refractivity contribution in [2.75, 3.05) is 0 Å². The average molecular weight is 809 g/mol. The van der Waals surface area contributed by atoms with Crippen molar-refractivity contribution >= 4 is 23.4 Å². The third-order valence-corrected chi connectivity index (χ3v) is 10.7. The number of hydrogen-bond acceptors (Lipinski definition) is 8. The zero-order chi connectivity index (χ0) is 42.6. The molecule has 1 aliphatic heterocycles. The molecule has 0 unspecified atom stereocenters. The summed E-state index contributed by atoms with van der Waals surface area (Å²) >= 11 is 0. The molecule has 0 spiro atoms. The molecule has 0 saturated heterocycles. The Morgan fingerprint density at radius 2 is 0.852 bits per heavy atom. The number of ether oxygens (including phenoxy) is 4. The smallest absolute Gasteiger partial charge is 0.291 e.